The molecule has 0 aromatic carbocycles. The van der Waals surface area contributed by atoms with Gasteiger partial charge >= 0.3 is 0 Å². The summed E-state index contributed by atoms with van der Waals surface area (Å²) in [6.45, 7) is 4.34. The zero-order chi connectivity index (χ0) is 12.9. The SMILES string of the molecule is CCNS(=O)(=O)NCC1(O)CCC(CC)CC1. The molecule has 0 saturated heterocycles. The van der Waals surface area contributed by atoms with Gasteiger partial charge < -0.3 is 5.11 Å². The maximum Gasteiger partial charge on any atom is 0.276 e. The fraction of sp³-hybridized carbons (Fsp3) is 1.00. The fourth-order valence-electron chi connectivity index (χ4n) is 2.27. The van der Waals surface area contributed by atoms with Crippen LogP contribution in [0.15, 0.2) is 0 Å². The van der Waals surface area contributed by atoms with E-state index in [1.165, 1.54) is 0 Å². The van der Waals surface area contributed by atoms with Crippen molar-refractivity contribution in [2.24, 2.45) is 5.92 Å². The number of aliphatic hydroxyl groups is 1. The van der Waals surface area contributed by atoms with E-state index in [2.05, 4.69) is 16.4 Å². The summed E-state index contributed by atoms with van der Waals surface area (Å²) in [5.74, 6) is 0.681. The number of nitrogens with one attached hydrogen (secondary N) is 2. The molecule has 0 bridgehead atoms. The van der Waals surface area contributed by atoms with Crippen molar-refractivity contribution in [3.05, 3.63) is 0 Å². The normalized spacial score (nSPS) is 30.4. The number of hydrogen-bond acceptors (Lipinski definition) is 3. The molecule has 0 amide bonds. The van der Waals surface area contributed by atoms with Crippen molar-refractivity contribution < 1.29 is 13.5 Å². The summed E-state index contributed by atoms with van der Waals surface area (Å²) in [6, 6.07) is 0. The lowest BCUT2D eigenvalue weighted by Crippen LogP contribution is -2.48. The van der Waals surface area contributed by atoms with Gasteiger partial charge in [0.25, 0.3) is 10.2 Å². The van der Waals surface area contributed by atoms with Crippen LogP contribution in [0.25, 0.3) is 0 Å². The molecule has 1 aliphatic carbocycles. The van der Waals surface area contributed by atoms with E-state index in [1.807, 2.05) is 0 Å². The third-order valence-electron chi connectivity index (χ3n) is 3.54. The average Bonchev–Trinajstić information content (AvgIpc) is 2.28. The summed E-state index contributed by atoms with van der Waals surface area (Å²) in [7, 11) is -3.45. The van der Waals surface area contributed by atoms with Crippen LogP contribution >= 0.6 is 0 Å². The van der Waals surface area contributed by atoms with Gasteiger partial charge in [0.2, 0.25) is 0 Å². The van der Waals surface area contributed by atoms with E-state index in [-0.39, 0.29) is 6.54 Å². The molecule has 6 heteroatoms. The highest BCUT2D eigenvalue weighted by Crippen LogP contribution is 2.33. The smallest absolute Gasteiger partial charge is 0.276 e. The second-order valence-corrected chi connectivity index (χ2v) is 6.48. The Morgan fingerprint density at radius 2 is 1.82 bits per heavy atom. The monoisotopic (exact) mass is 264 g/mol. The third-order valence-corrected chi connectivity index (χ3v) is 4.73. The van der Waals surface area contributed by atoms with E-state index >= 15 is 0 Å². The van der Waals surface area contributed by atoms with Crippen molar-refractivity contribution >= 4 is 10.2 Å². The molecule has 1 aliphatic rings. The van der Waals surface area contributed by atoms with Crippen molar-refractivity contribution in [3.63, 3.8) is 0 Å². The van der Waals surface area contributed by atoms with Crippen LogP contribution in [0.5, 0.6) is 0 Å². The maximum atomic E-state index is 11.4. The second-order valence-electron chi connectivity index (χ2n) is 4.90. The zero-order valence-electron chi connectivity index (χ0n) is 10.7. The number of hydrogen-bond donors (Lipinski definition) is 3. The van der Waals surface area contributed by atoms with Gasteiger partial charge in [0, 0.05) is 13.1 Å². The molecule has 0 heterocycles. The standard InChI is InChI=1S/C11H24N2O3S/c1-3-10-5-7-11(14,8-6-10)9-13-17(15,16)12-4-2/h10,12-14H,3-9H2,1-2H3. The van der Waals surface area contributed by atoms with Crippen LogP contribution in [-0.4, -0.2) is 32.2 Å². The Balaban J connectivity index is 2.41. The fourth-order valence-corrected chi connectivity index (χ4v) is 3.21. The highest BCUT2D eigenvalue weighted by atomic mass is 32.2. The van der Waals surface area contributed by atoms with Crippen LogP contribution in [0.2, 0.25) is 0 Å². The predicted molar refractivity (Wildman–Crippen MR) is 67.8 cm³/mol. The quantitative estimate of drug-likeness (QED) is 0.663. The average molecular weight is 264 g/mol. The van der Waals surface area contributed by atoms with E-state index in [1.54, 1.807) is 6.92 Å². The molecule has 1 fully saturated rings. The summed E-state index contributed by atoms with van der Waals surface area (Å²) < 4.78 is 27.6. The Morgan fingerprint density at radius 1 is 1.24 bits per heavy atom. The molecule has 0 atom stereocenters. The molecule has 0 spiro atoms. The highest BCUT2D eigenvalue weighted by Gasteiger charge is 2.33. The van der Waals surface area contributed by atoms with Gasteiger partial charge in [-0.15, -0.1) is 0 Å². The van der Waals surface area contributed by atoms with E-state index in [9.17, 15) is 13.5 Å². The van der Waals surface area contributed by atoms with E-state index in [4.69, 9.17) is 0 Å². The lowest BCUT2D eigenvalue weighted by molar-refractivity contribution is -0.00448. The van der Waals surface area contributed by atoms with Crippen LogP contribution in [-0.2, 0) is 10.2 Å². The van der Waals surface area contributed by atoms with Crippen LogP contribution in [0.4, 0.5) is 0 Å². The Hall–Kier alpha value is -0.170. The molecule has 17 heavy (non-hydrogen) atoms. The summed E-state index contributed by atoms with van der Waals surface area (Å²) in [5.41, 5.74) is -0.867. The van der Waals surface area contributed by atoms with E-state index in [0.717, 1.165) is 19.3 Å². The van der Waals surface area contributed by atoms with Crippen molar-refractivity contribution in [2.45, 2.75) is 51.6 Å². The van der Waals surface area contributed by atoms with E-state index < -0.39 is 15.8 Å². The lowest BCUT2D eigenvalue weighted by Gasteiger charge is -2.35. The molecule has 5 nitrogen and oxygen atoms in total. The van der Waals surface area contributed by atoms with Crippen molar-refractivity contribution in [2.75, 3.05) is 13.1 Å². The Labute approximate surface area is 104 Å². The minimum absolute atomic E-state index is 0.110. The Kier molecular flexibility index (Phi) is 5.37. The van der Waals surface area contributed by atoms with Crippen molar-refractivity contribution in [1.29, 1.82) is 0 Å². The van der Waals surface area contributed by atoms with E-state index in [0.29, 0.717) is 25.3 Å². The third kappa shape index (κ3) is 4.91. The first-order valence-electron chi connectivity index (χ1n) is 6.37. The largest absolute Gasteiger partial charge is 0.389 e. The molecule has 1 saturated carbocycles. The molecule has 0 unspecified atom stereocenters. The van der Waals surface area contributed by atoms with Gasteiger partial charge in [0.15, 0.2) is 0 Å². The zero-order valence-corrected chi connectivity index (χ0v) is 11.5. The van der Waals surface area contributed by atoms with Gasteiger partial charge in [0.05, 0.1) is 5.60 Å². The minimum Gasteiger partial charge on any atom is -0.389 e. The van der Waals surface area contributed by atoms with Gasteiger partial charge in [-0.2, -0.15) is 13.1 Å². The van der Waals surface area contributed by atoms with Crippen LogP contribution in [0.3, 0.4) is 0 Å². The first kappa shape index (κ1) is 14.9. The second kappa shape index (κ2) is 6.13. The molecular formula is C11H24N2O3S. The maximum absolute atomic E-state index is 11.4. The van der Waals surface area contributed by atoms with Crippen LogP contribution in [0.1, 0.15) is 46.0 Å². The first-order chi connectivity index (χ1) is 7.91. The molecule has 0 radical (unpaired) electrons. The molecule has 102 valence electrons. The number of rotatable bonds is 6. The molecular weight excluding hydrogens is 240 g/mol. The summed E-state index contributed by atoms with van der Waals surface area (Å²) in [5, 5.41) is 10.3. The Morgan fingerprint density at radius 3 is 2.29 bits per heavy atom. The van der Waals surface area contributed by atoms with Crippen LogP contribution < -0.4 is 9.44 Å². The van der Waals surface area contributed by atoms with Gasteiger partial charge in [-0.05, 0) is 31.6 Å². The topological polar surface area (TPSA) is 78.4 Å². The molecule has 0 aromatic heterocycles. The van der Waals surface area contributed by atoms with Gasteiger partial charge in [0.1, 0.15) is 0 Å². The molecule has 0 aromatic rings. The van der Waals surface area contributed by atoms with Gasteiger partial charge in [-0.1, -0.05) is 20.3 Å². The lowest BCUT2D eigenvalue weighted by atomic mass is 9.78. The van der Waals surface area contributed by atoms with Gasteiger partial charge in [-0.25, -0.2) is 4.72 Å². The summed E-state index contributed by atoms with van der Waals surface area (Å²) in [4.78, 5) is 0. The Bertz CT molecular complexity index is 322. The molecule has 3 N–H and O–H groups in total. The highest BCUT2D eigenvalue weighted by molar-refractivity contribution is 7.87. The van der Waals surface area contributed by atoms with Gasteiger partial charge in [-0.3, -0.25) is 0 Å². The minimum atomic E-state index is -3.45. The molecule has 1 rings (SSSR count). The first-order valence-corrected chi connectivity index (χ1v) is 7.86. The van der Waals surface area contributed by atoms with Crippen molar-refractivity contribution in [3.8, 4) is 0 Å². The predicted octanol–water partition coefficient (Wildman–Crippen LogP) is 0.762. The van der Waals surface area contributed by atoms with Crippen molar-refractivity contribution in [1.82, 2.24) is 9.44 Å². The van der Waals surface area contributed by atoms with Crippen LogP contribution in [0, 0.1) is 5.92 Å². The summed E-state index contributed by atoms with van der Waals surface area (Å²) in [6.07, 6.45) is 4.46. The molecule has 0 aliphatic heterocycles. The summed E-state index contributed by atoms with van der Waals surface area (Å²) >= 11 is 0.